The Hall–Kier alpha value is 0.430. The van der Waals surface area contributed by atoms with E-state index in [0.29, 0.717) is 0 Å². The summed E-state index contributed by atoms with van der Waals surface area (Å²) in [5.74, 6) is 19.8. The summed E-state index contributed by atoms with van der Waals surface area (Å²) in [4.78, 5) is 0. The van der Waals surface area contributed by atoms with Crippen molar-refractivity contribution in [3.8, 4) is 0 Å². The van der Waals surface area contributed by atoms with Crippen LogP contribution in [0.3, 0.4) is 0 Å². The van der Waals surface area contributed by atoms with Crippen LogP contribution in [0.2, 0.25) is 0 Å². The van der Waals surface area contributed by atoms with E-state index in [0.717, 1.165) is 43.1 Å². The van der Waals surface area contributed by atoms with Crippen LogP contribution in [-0.2, 0) is 0 Å². The van der Waals surface area contributed by atoms with Gasteiger partial charge in [-0.15, -0.1) is 9.24 Å². The van der Waals surface area contributed by atoms with Crippen molar-refractivity contribution in [1.29, 1.82) is 0 Å². The van der Waals surface area contributed by atoms with Crippen LogP contribution in [0.1, 0.15) is 32.1 Å². The highest BCUT2D eigenvalue weighted by Crippen LogP contribution is 3.34. The average Bonchev–Trinajstić information content (AvgIpc) is 2.84. The summed E-state index contributed by atoms with van der Waals surface area (Å²) in [5.41, 5.74) is 7.31. The molecule has 0 radical (unpaired) electrons. The summed E-state index contributed by atoms with van der Waals surface area (Å²) >= 11 is 0. The highest BCUT2D eigenvalue weighted by molar-refractivity contribution is 7.19. The molecule has 16 saturated carbocycles. The molecule has 24 atom stereocenters. The van der Waals surface area contributed by atoms with Gasteiger partial charge in [0.1, 0.15) is 0 Å². The van der Waals surface area contributed by atoms with Crippen molar-refractivity contribution in [2.24, 2.45) is 127 Å². The molecule has 0 N–H and O–H groups in total. The minimum atomic E-state index is 0.772. The van der Waals surface area contributed by atoms with Crippen LogP contribution in [0, 0.1) is 127 Å². The first-order valence-corrected chi connectivity index (χ1v) is 14.6. The van der Waals surface area contributed by atoms with Crippen molar-refractivity contribution in [2.75, 3.05) is 0 Å². The Morgan fingerprint density at radius 2 is 1.03 bits per heavy atom. The van der Waals surface area contributed by atoms with Gasteiger partial charge in [-0.1, -0.05) is 0 Å². The largest absolute Gasteiger partial charge is 0.130 e. The Kier molecular flexibility index (Phi) is 0.917. The van der Waals surface area contributed by atoms with Crippen molar-refractivity contribution >= 4 is 9.24 Å². The lowest BCUT2D eigenvalue weighted by Crippen LogP contribution is -3.31. The zero-order valence-electron chi connectivity index (χ0n) is 16.8. The van der Waals surface area contributed by atoms with Gasteiger partial charge in [-0.25, -0.2) is 0 Å². The fraction of sp³-hybridized carbons (Fsp3) is 1.00. The average molecular weight is 394 g/mol. The van der Waals surface area contributed by atoms with Crippen molar-refractivity contribution in [3.63, 3.8) is 0 Å². The van der Waals surface area contributed by atoms with Gasteiger partial charge in [-0.2, -0.15) is 0 Å². The lowest BCUT2D eigenvalue weighted by atomic mass is 8.70. The van der Waals surface area contributed by atoms with E-state index in [9.17, 15) is 0 Å². The lowest BCUT2D eigenvalue weighted by Gasteiger charge is -3.33. The minimum absolute atomic E-state index is 0.772. The maximum atomic E-state index is 3.56. The molecule has 0 aliphatic heterocycles. The zero-order valence-corrected chi connectivity index (χ0v) is 17.9. The topological polar surface area (TPSA) is 0 Å². The zero-order chi connectivity index (χ0) is 17.2. The van der Waals surface area contributed by atoms with Crippen LogP contribution in [-0.4, -0.2) is 5.16 Å². The molecule has 144 valence electrons. The Morgan fingerprint density at radius 3 is 1.69 bits per heavy atom. The van der Waals surface area contributed by atoms with E-state index in [4.69, 9.17) is 0 Å². The normalized spacial score (nSPS) is 113. The molecule has 16 fully saturated rings. The molecule has 16 aliphatic carbocycles. The van der Waals surface area contributed by atoms with Crippen molar-refractivity contribution < 1.29 is 0 Å². The number of rotatable bonds is 0. The van der Waals surface area contributed by atoms with Gasteiger partial charge in [0.25, 0.3) is 0 Å². The molecule has 16 aliphatic rings. The van der Waals surface area contributed by atoms with E-state index in [1.807, 2.05) is 0 Å². The molecule has 0 bridgehead atoms. The van der Waals surface area contributed by atoms with E-state index >= 15 is 0 Å². The summed E-state index contributed by atoms with van der Waals surface area (Å²) in [5, 5.41) is 0.772. The molecule has 0 aromatic heterocycles. The van der Waals surface area contributed by atoms with E-state index in [1.165, 1.54) is 88.8 Å². The third-order valence-electron chi connectivity index (χ3n) is 20.7. The van der Waals surface area contributed by atoms with Crippen molar-refractivity contribution in [2.45, 2.75) is 37.3 Å². The molecular weight excluding hydrogens is 367 g/mol. The predicted octanol–water partition coefficient (Wildman–Crippen LogP) is 3.92. The quantitative estimate of drug-likeness (QED) is 0.547. The SMILES string of the molecule is PC12CCC3C4C5C6C7C8C9CC%10CC%11C%12C%13C%14C%15C%16C(C1)C32C4%16C5%15C6%14C7%13C8%12C%109%11. The molecule has 1 heteroatoms. The molecule has 7 spiro atoms. The molecular formula is C28H27P. The first kappa shape index (κ1) is 12.1. The standard InChI is InChI=1S/C28H27P/c29-21-2-1-7-11-15-19-16-12-8-3-6-4-9-13-17-20-18-14-10(5-21)23(7,21)25(11,14)27(15,18)28(19,20)26(16,17)24(12,13)22(6,8)9/h6-20H,1-5,29H2. The predicted molar refractivity (Wildman–Crippen MR) is 105 cm³/mol. The Labute approximate surface area is 173 Å². The molecule has 0 heterocycles. The first-order valence-electron chi connectivity index (χ1n) is 14.0. The third kappa shape index (κ3) is 0.409. The smallest absolute Gasteiger partial charge is 0.00758 e. The van der Waals surface area contributed by atoms with Gasteiger partial charge in [-0.05, 0) is 164 Å². The molecule has 0 aromatic rings. The third-order valence-corrected chi connectivity index (χ3v) is 21.7. The lowest BCUT2D eigenvalue weighted by molar-refractivity contribution is -0.872. The maximum absolute atomic E-state index is 3.56. The molecule has 0 nitrogen and oxygen atoms in total. The summed E-state index contributed by atoms with van der Waals surface area (Å²) in [6, 6.07) is 0. The molecule has 0 aromatic carbocycles. The number of hydrogen-bond donors (Lipinski definition) is 0. The Morgan fingerprint density at radius 1 is 0.517 bits per heavy atom. The summed E-state index contributed by atoms with van der Waals surface area (Å²) < 4.78 is 0. The molecule has 24 unspecified atom stereocenters. The number of hydrogen-bond acceptors (Lipinski definition) is 0. The fourth-order valence-electron chi connectivity index (χ4n) is 23.7. The van der Waals surface area contributed by atoms with Crippen LogP contribution in [0.5, 0.6) is 0 Å². The summed E-state index contributed by atoms with van der Waals surface area (Å²) in [6.45, 7) is 0. The van der Waals surface area contributed by atoms with Crippen molar-refractivity contribution in [1.82, 2.24) is 0 Å². The van der Waals surface area contributed by atoms with Crippen LogP contribution in [0.25, 0.3) is 0 Å². The van der Waals surface area contributed by atoms with Gasteiger partial charge in [0.05, 0.1) is 0 Å². The van der Waals surface area contributed by atoms with E-state index in [-0.39, 0.29) is 0 Å². The highest BCUT2D eigenvalue weighted by atomic mass is 31.0. The molecule has 0 amide bonds. The highest BCUT2D eigenvalue weighted by Gasteiger charge is 3.32. The summed E-state index contributed by atoms with van der Waals surface area (Å²) in [6.07, 6.45) is 8.41. The Balaban J connectivity index is 1.03. The Bertz CT molecular complexity index is 1300. The molecule has 16 rings (SSSR count). The maximum Gasteiger partial charge on any atom is -0.00758 e. The van der Waals surface area contributed by atoms with Gasteiger partial charge in [0.2, 0.25) is 0 Å². The van der Waals surface area contributed by atoms with Crippen molar-refractivity contribution in [3.05, 3.63) is 0 Å². The van der Waals surface area contributed by atoms with Crippen LogP contribution in [0.4, 0.5) is 0 Å². The van der Waals surface area contributed by atoms with E-state index < -0.39 is 0 Å². The molecule has 29 heavy (non-hydrogen) atoms. The van der Waals surface area contributed by atoms with Crippen LogP contribution >= 0.6 is 9.24 Å². The second kappa shape index (κ2) is 2.21. The van der Waals surface area contributed by atoms with Gasteiger partial charge in [0, 0.05) is 0 Å². The second-order valence-corrected chi connectivity index (χ2v) is 18.0. The van der Waals surface area contributed by atoms with E-state index in [1.54, 1.807) is 32.1 Å². The minimum Gasteiger partial charge on any atom is -0.130 e. The van der Waals surface area contributed by atoms with Crippen LogP contribution < -0.4 is 0 Å². The van der Waals surface area contributed by atoms with E-state index in [2.05, 4.69) is 9.24 Å². The first-order chi connectivity index (χ1) is 14.2. The second-order valence-electron chi connectivity index (χ2n) is 16.9. The number of fused-ring (bicyclic) bond motifs is 12. The van der Waals surface area contributed by atoms with Gasteiger partial charge in [-0.3, -0.25) is 0 Å². The molecule has 0 saturated heterocycles. The fourth-order valence-corrected chi connectivity index (χ4v) is 24.8. The van der Waals surface area contributed by atoms with Gasteiger partial charge >= 0.3 is 0 Å². The van der Waals surface area contributed by atoms with Crippen LogP contribution in [0.15, 0.2) is 0 Å². The monoisotopic (exact) mass is 394 g/mol. The van der Waals surface area contributed by atoms with Gasteiger partial charge < -0.3 is 0 Å². The summed E-state index contributed by atoms with van der Waals surface area (Å²) in [7, 11) is 3.56. The van der Waals surface area contributed by atoms with Gasteiger partial charge in [0.15, 0.2) is 0 Å².